The van der Waals surface area contributed by atoms with Crippen molar-refractivity contribution in [3.8, 4) is 11.1 Å². The lowest BCUT2D eigenvalue weighted by molar-refractivity contribution is 0.629. The second-order valence-corrected chi connectivity index (χ2v) is 4.81. The lowest BCUT2D eigenvalue weighted by Gasteiger charge is -2.13. The molecule has 0 bridgehead atoms. The summed E-state index contributed by atoms with van der Waals surface area (Å²) in [5.74, 6) is -0.352. The highest BCUT2D eigenvalue weighted by atomic mass is 19.1. The molecule has 3 N–H and O–H groups in total. The summed E-state index contributed by atoms with van der Waals surface area (Å²) >= 11 is 0. The van der Waals surface area contributed by atoms with Gasteiger partial charge in [-0.2, -0.15) is 0 Å². The standard InChI is InChI=1S/C18H15FN2/c19-14-10-15(20)12-16(11-14)21-18-9-5-4-8-17(18)13-6-2-1-3-7-13/h1-12,21H,20H2. The lowest BCUT2D eigenvalue weighted by Crippen LogP contribution is -1.96. The normalized spacial score (nSPS) is 10.3. The van der Waals surface area contributed by atoms with Crippen molar-refractivity contribution in [3.63, 3.8) is 0 Å². The number of rotatable bonds is 3. The van der Waals surface area contributed by atoms with Gasteiger partial charge in [0.2, 0.25) is 0 Å². The molecule has 3 heteroatoms. The number of hydrogen-bond acceptors (Lipinski definition) is 2. The number of para-hydroxylation sites is 1. The zero-order chi connectivity index (χ0) is 14.7. The van der Waals surface area contributed by atoms with Crippen molar-refractivity contribution in [2.45, 2.75) is 0 Å². The van der Waals surface area contributed by atoms with Crippen molar-refractivity contribution in [2.24, 2.45) is 0 Å². The third-order valence-electron chi connectivity index (χ3n) is 3.21. The molecule has 0 saturated heterocycles. The van der Waals surface area contributed by atoms with Gasteiger partial charge < -0.3 is 11.1 Å². The summed E-state index contributed by atoms with van der Waals surface area (Å²) in [6.07, 6.45) is 0. The summed E-state index contributed by atoms with van der Waals surface area (Å²) in [6.45, 7) is 0. The number of benzene rings is 3. The monoisotopic (exact) mass is 278 g/mol. The van der Waals surface area contributed by atoms with E-state index in [1.807, 2.05) is 54.6 Å². The number of nitrogens with two attached hydrogens (primary N) is 1. The van der Waals surface area contributed by atoms with E-state index in [0.717, 1.165) is 16.8 Å². The Morgan fingerprint density at radius 3 is 2.29 bits per heavy atom. The average Bonchev–Trinajstić information content (AvgIpc) is 2.48. The zero-order valence-electron chi connectivity index (χ0n) is 11.4. The van der Waals surface area contributed by atoms with Gasteiger partial charge in [-0.15, -0.1) is 0 Å². The van der Waals surface area contributed by atoms with Gasteiger partial charge in [-0.25, -0.2) is 4.39 Å². The smallest absolute Gasteiger partial charge is 0.127 e. The molecule has 0 atom stereocenters. The highest BCUT2D eigenvalue weighted by Crippen LogP contribution is 2.30. The van der Waals surface area contributed by atoms with Crippen molar-refractivity contribution in [3.05, 3.63) is 78.6 Å². The first-order valence-electron chi connectivity index (χ1n) is 6.70. The molecule has 0 aliphatic carbocycles. The Balaban J connectivity index is 2.00. The minimum atomic E-state index is -0.352. The topological polar surface area (TPSA) is 38.0 Å². The van der Waals surface area contributed by atoms with Crippen LogP contribution in [0.15, 0.2) is 72.8 Å². The molecule has 0 spiro atoms. The third kappa shape index (κ3) is 3.03. The molecule has 0 unspecified atom stereocenters. The van der Waals surface area contributed by atoms with Crippen molar-refractivity contribution < 1.29 is 4.39 Å². The Kier molecular flexibility index (Phi) is 3.56. The van der Waals surface area contributed by atoms with Crippen LogP contribution in [0.1, 0.15) is 0 Å². The molecule has 0 aliphatic heterocycles. The van der Waals surface area contributed by atoms with Gasteiger partial charge in [-0.3, -0.25) is 0 Å². The first-order chi connectivity index (χ1) is 10.2. The summed E-state index contributed by atoms with van der Waals surface area (Å²) in [6, 6.07) is 22.4. The average molecular weight is 278 g/mol. The van der Waals surface area contributed by atoms with Crippen LogP contribution < -0.4 is 11.1 Å². The van der Waals surface area contributed by atoms with E-state index in [1.54, 1.807) is 6.07 Å². The van der Waals surface area contributed by atoms with Crippen LogP contribution in [-0.2, 0) is 0 Å². The van der Waals surface area contributed by atoms with Crippen molar-refractivity contribution in [2.75, 3.05) is 11.1 Å². The summed E-state index contributed by atoms with van der Waals surface area (Å²) in [4.78, 5) is 0. The molecule has 0 aliphatic rings. The molecule has 21 heavy (non-hydrogen) atoms. The van der Waals surface area contributed by atoms with E-state index < -0.39 is 0 Å². The van der Waals surface area contributed by atoms with E-state index in [-0.39, 0.29) is 5.82 Å². The molecule has 3 aromatic carbocycles. The SMILES string of the molecule is Nc1cc(F)cc(Nc2ccccc2-c2ccccc2)c1. The molecule has 0 aromatic heterocycles. The molecule has 104 valence electrons. The Bertz CT molecular complexity index is 734. The van der Waals surface area contributed by atoms with Crippen LogP contribution in [0.4, 0.5) is 21.5 Å². The van der Waals surface area contributed by atoms with Crippen LogP contribution in [0, 0.1) is 5.82 Å². The van der Waals surface area contributed by atoms with Crippen molar-refractivity contribution >= 4 is 17.1 Å². The van der Waals surface area contributed by atoms with E-state index in [9.17, 15) is 4.39 Å². The molecule has 2 nitrogen and oxygen atoms in total. The maximum absolute atomic E-state index is 13.4. The Morgan fingerprint density at radius 2 is 1.52 bits per heavy atom. The van der Waals surface area contributed by atoms with Gasteiger partial charge in [0.05, 0.1) is 0 Å². The first-order valence-corrected chi connectivity index (χ1v) is 6.70. The second-order valence-electron chi connectivity index (χ2n) is 4.81. The number of halogens is 1. The van der Waals surface area contributed by atoms with E-state index in [1.165, 1.54) is 12.1 Å². The van der Waals surface area contributed by atoms with E-state index in [2.05, 4.69) is 5.32 Å². The Hall–Kier alpha value is -2.81. The van der Waals surface area contributed by atoms with Gasteiger partial charge in [0.1, 0.15) is 5.82 Å². The molecule has 0 heterocycles. The van der Waals surface area contributed by atoms with E-state index in [0.29, 0.717) is 11.4 Å². The zero-order valence-corrected chi connectivity index (χ0v) is 11.4. The summed E-state index contributed by atoms with van der Waals surface area (Å²) < 4.78 is 13.4. The fraction of sp³-hybridized carbons (Fsp3) is 0. The quantitative estimate of drug-likeness (QED) is 0.674. The highest BCUT2D eigenvalue weighted by molar-refractivity contribution is 5.81. The second kappa shape index (κ2) is 5.67. The molecule has 0 amide bonds. The molecule has 0 fully saturated rings. The molecule has 3 rings (SSSR count). The largest absolute Gasteiger partial charge is 0.399 e. The maximum Gasteiger partial charge on any atom is 0.127 e. The number of hydrogen-bond donors (Lipinski definition) is 2. The molecular weight excluding hydrogens is 263 g/mol. The minimum Gasteiger partial charge on any atom is -0.399 e. The number of nitrogen functional groups attached to an aromatic ring is 1. The third-order valence-corrected chi connectivity index (χ3v) is 3.21. The van der Waals surface area contributed by atoms with Crippen molar-refractivity contribution in [1.29, 1.82) is 0 Å². The summed E-state index contributed by atoms with van der Waals surface area (Å²) in [7, 11) is 0. The van der Waals surface area contributed by atoms with Crippen LogP contribution in [0.2, 0.25) is 0 Å². The highest BCUT2D eigenvalue weighted by Gasteiger charge is 2.05. The van der Waals surface area contributed by atoms with Gasteiger partial charge in [0.15, 0.2) is 0 Å². The summed E-state index contributed by atoms with van der Waals surface area (Å²) in [5, 5.41) is 3.23. The van der Waals surface area contributed by atoms with Gasteiger partial charge in [-0.05, 0) is 29.8 Å². The predicted molar refractivity (Wildman–Crippen MR) is 86.0 cm³/mol. The first kappa shape index (κ1) is 13.2. The fourth-order valence-electron chi connectivity index (χ4n) is 2.30. The molecule has 0 radical (unpaired) electrons. The molecular formula is C18H15FN2. The van der Waals surface area contributed by atoms with Gasteiger partial charge >= 0.3 is 0 Å². The predicted octanol–water partition coefficient (Wildman–Crippen LogP) is 4.82. The van der Waals surface area contributed by atoms with E-state index in [4.69, 9.17) is 5.73 Å². The fourth-order valence-corrected chi connectivity index (χ4v) is 2.30. The van der Waals surface area contributed by atoms with E-state index >= 15 is 0 Å². The van der Waals surface area contributed by atoms with Gasteiger partial charge in [0, 0.05) is 22.6 Å². The summed E-state index contributed by atoms with van der Waals surface area (Å²) in [5.41, 5.74) is 9.78. The van der Waals surface area contributed by atoms with Crippen LogP contribution in [0.5, 0.6) is 0 Å². The maximum atomic E-state index is 13.4. The van der Waals surface area contributed by atoms with Crippen LogP contribution >= 0.6 is 0 Å². The van der Waals surface area contributed by atoms with Crippen LogP contribution in [0.3, 0.4) is 0 Å². The van der Waals surface area contributed by atoms with Crippen LogP contribution in [-0.4, -0.2) is 0 Å². The Labute approximate surface area is 123 Å². The molecule has 0 saturated carbocycles. The van der Waals surface area contributed by atoms with Crippen molar-refractivity contribution in [1.82, 2.24) is 0 Å². The Morgan fingerprint density at radius 1 is 0.810 bits per heavy atom. The van der Waals surface area contributed by atoms with Gasteiger partial charge in [0.25, 0.3) is 0 Å². The van der Waals surface area contributed by atoms with Gasteiger partial charge in [-0.1, -0.05) is 48.5 Å². The minimum absolute atomic E-state index is 0.352. The number of nitrogens with one attached hydrogen (secondary N) is 1. The number of anilines is 3. The van der Waals surface area contributed by atoms with Crippen LogP contribution in [0.25, 0.3) is 11.1 Å². The molecule has 3 aromatic rings. The lowest BCUT2D eigenvalue weighted by atomic mass is 10.0.